The molecule has 1 unspecified atom stereocenters. The second-order valence-electron chi connectivity index (χ2n) is 5.85. The van der Waals surface area contributed by atoms with Crippen LogP contribution in [0.4, 0.5) is 0 Å². The van der Waals surface area contributed by atoms with Crippen molar-refractivity contribution in [2.45, 2.75) is 56.3 Å². The maximum Gasteiger partial charge on any atom is 0.120 e. The number of aliphatic hydroxyl groups is 1. The first-order valence-corrected chi connectivity index (χ1v) is 7.21. The van der Waals surface area contributed by atoms with Crippen LogP contribution in [0.3, 0.4) is 0 Å². The van der Waals surface area contributed by atoms with E-state index < -0.39 is 6.10 Å². The fourth-order valence-electron chi connectivity index (χ4n) is 2.71. The molecule has 0 amide bonds. The molecule has 0 saturated heterocycles. The molecule has 2 aliphatic rings. The van der Waals surface area contributed by atoms with Crippen LogP contribution in [0.1, 0.15) is 50.2 Å². The van der Waals surface area contributed by atoms with Crippen LogP contribution >= 0.6 is 0 Å². The number of hydrogen-bond acceptors (Lipinski definition) is 3. The molecule has 1 aromatic carbocycles. The van der Waals surface area contributed by atoms with E-state index in [0.717, 1.165) is 37.0 Å². The van der Waals surface area contributed by atoms with Crippen molar-refractivity contribution in [1.82, 2.24) is 0 Å². The Bertz CT molecular complexity index is 430. The molecule has 3 rings (SSSR count). The van der Waals surface area contributed by atoms with E-state index >= 15 is 0 Å². The molecule has 0 spiro atoms. The van der Waals surface area contributed by atoms with Crippen molar-refractivity contribution >= 4 is 0 Å². The quantitative estimate of drug-likeness (QED) is 0.855. The Labute approximate surface area is 114 Å². The molecule has 1 aromatic rings. The average Bonchev–Trinajstić information content (AvgIpc) is 3.18. The fraction of sp³-hybridized carbons (Fsp3) is 0.625. The van der Waals surface area contributed by atoms with Gasteiger partial charge >= 0.3 is 0 Å². The van der Waals surface area contributed by atoms with Gasteiger partial charge in [-0.15, -0.1) is 0 Å². The standard InChI is InChI=1S/C16H22O3/c1-18-16(8-3-9-16)11-15(17)12-4-2-5-14(10-12)19-13-6-7-13/h2,4-5,10,13,15,17H,3,6-9,11H2,1H3. The second-order valence-corrected chi connectivity index (χ2v) is 5.85. The number of hydrogen-bond donors (Lipinski definition) is 1. The van der Waals surface area contributed by atoms with Gasteiger partial charge in [-0.3, -0.25) is 0 Å². The summed E-state index contributed by atoms with van der Waals surface area (Å²) in [7, 11) is 1.75. The van der Waals surface area contributed by atoms with Gasteiger partial charge in [0.05, 0.1) is 17.8 Å². The highest BCUT2D eigenvalue weighted by Crippen LogP contribution is 2.42. The third-order valence-corrected chi connectivity index (χ3v) is 4.33. The Morgan fingerprint density at radius 1 is 1.37 bits per heavy atom. The Kier molecular flexibility index (Phi) is 3.50. The van der Waals surface area contributed by atoms with Gasteiger partial charge in [0.15, 0.2) is 0 Å². The van der Waals surface area contributed by atoms with Crippen LogP contribution in [-0.2, 0) is 4.74 Å². The maximum atomic E-state index is 10.4. The molecule has 0 radical (unpaired) electrons. The van der Waals surface area contributed by atoms with E-state index in [-0.39, 0.29) is 5.60 Å². The SMILES string of the molecule is COC1(CC(O)c2cccc(OC3CC3)c2)CCC1. The molecule has 0 heterocycles. The van der Waals surface area contributed by atoms with E-state index in [9.17, 15) is 5.11 Å². The van der Waals surface area contributed by atoms with Gasteiger partial charge in [-0.05, 0) is 49.8 Å². The Balaban J connectivity index is 1.66. The average molecular weight is 262 g/mol. The molecule has 1 N–H and O–H groups in total. The molecule has 3 heteroatoms. The van der Waals surface area contributed by atoms with Gasteiger partial charge in [0.25, 0.3) is 0 Å². The summed E-state index contributed by atoms with van der Waals surface area (Å²) in [5, 5.41) is 10.4. The summed E-state index contributed by atoms with van der Waals surface area (Å²) < 4.78 is 11.3. The number of rotatable bonds is 6. The highest BCUT2D eigenvalue weighted by Gasteiger charge is 2.39. The van der Waals surface area contributed by atoms with Crippen LogP contribution in [-0.4, -0.2) is 23.9 Å². The van der Waals surface area contributed by atoms with Crippen molar-refractivity contribution in [3.05, 3.63) is 29.8 Å². The summed E-state index contributed by atoms with van der Waals surface area (Å²) in [6.45, 7) is 0. The van der Waals surface area contributed by atoms with Gasteiger partial charge in [-0.25, -0.2) is 0 Å². The third kappa shape index (κ3) is 2.93. The fourth-order valence-corrected chi connectivity index (χ4v) is 2.71. The lowest BCUT2D eigenvalue weighted by atomic mass is 9.75. The Hall–Kier alpha value is -1.06. The molecule has 19 heavy (non-hydrogen) atoms. The zero-order valence-corrected chi connectivity index (χ0v) is 11.5. The molecule has 0 aromatic heterocycles. The minimum atomic E-state index is -0.469. The zero-order valence-electron chi connectivity index (χ0n) is 11.5. The van der Waals surface area contributed by atoms with Crippen LogP contribution in [0, 0.1) is 0 Å². The molecule has 104 valence electrons. The van der Waals surface area contributed by atoms with E-state index in [1.54, 1.807) is 7.11 Å². The Morgan fingerprint density at radius 2 is 2.16 bits per heavy atom. The minimum Gasteiger partial charge on any atom is -0.490 e. The molecule has 2 saturated carbocycles. The molecular formula is C16H22O3. The predicted molar refractivity (Wildman–Crippen MR) is 73.3 cm³/mol. The van der Waals surface area contributed by atoms with Crippen molar-refractivity contribution < 1.29 is 14.6 Å². The maximum absolute atomic E-state index is 10.4. The van der Waals surface area contributed by atoms with Gasteiger partial charge in [0.1, 0.15) is 5.75 Å². The predicted octanol–water partition coefficient (Wildman–Crippen LogP) is 3.22. The first-order valence-electron chi connectivity index (χ1n) is 7.21. The summed E-state index contributed by atoms with van der Waals surface area (Å²) in [5.41, 5.74) is 0.828. The van der Waals surface area contributed by atoms with Gasteiger partial charge in [-0.1, -0.05) is 12.1 Å². The van der Waals surface area contributed by atoms with E-state index in [0.29, 0.717) is 12.5 Å². The van der Waals surface area contributed by atoms with Crippen molar-refractivity contribution in [3.8, 4) is 5.75 Å². The molecule has 3 nitrogen and oxygen atoms in total. The zero-order chi connectivity index (χ0) is 13.3. The minimum absolute atomic E-state index is 0.104. The lowest BCUT2D eigenvalue weighted by molar-refractivity contribution is -0.0999. The molecule has 0 bridgehead atoms. The van der Waals surface area contributed by atoms with E-state index in [2.05, 4.69) is 0 Å². The molecular weight excluding hydrogens is 240 g/mol. The lowest BCUT2D eigenvalue weighted by Crippen LogP contribution is -2.40. The highest BCUT2D eigenvalue weighted by atomic mass is 16.5. The summed E-state index contributed by atoms with van der Waals surface area (Å²) in [6.07, 6.45) is 6.21. The molecule has 2 fully saturated rings. The largest absolute Gasteiger partial charge is 0.490 e. The van der Waals surface area contributed by atoms with Gasteiger partial charge in [0.2, 0.25) is 0 Å². The molecule has 1 atom stereocenters. The smallest absolute Gasteiger partial charge is 0.120 e. The second kappa shape index (κ2) is 5.14. The first kappa shape index (κ1) is 12.9. The number of ether oxygens (including phenoxy) is 2. The van der Waals surface area contributed by atoms with Crippen molar-refractivity contribution in [3.63, 3.8) is 0 Å². The van der Waals surface area contributed by atoms with Crippen LogP contribution in [0.25, 0.3) is 0 Å². The summed E-state index contributed by atoms with van der Waals surface area (Å²) >= 11 is 0. The van der Waals surface area contributed by atoms with Crippen LogP contribution in [0.2, 0.25) is 0 Å². The van der Waals surface area contributed by atoms with Crippen molar-refractivity contribution in [2.75, 3.05) is 7.11 Å². The van der Waals surface area contributed by atoms with Crippen LogP contribution in [0.5, 0.6) is 5.75 Å². The third-order valence-electron chi connectivity index (χ3n) is 4.33. The van der Waals surface area contributed by atoms with Crippen LogP contribution in [0.15, 0.2) is 24.3 Å². The van der Waals surface area contributed by atoms with Crippen molar-refractivity contribution in [2.24, 2.45) is 0 Å². The normalized spacial score (nSPS) is 22.6. The number of benzene rings is 1. The van der Waals surface area contributed by atoms with Gasteiger partial charge in [-0.2, -0.15) is 0 Å². The van der Waals surface area contributed by atoms with E-state index in [4.69, 9.17) is 9.47 Å². The topological polar surface area (TPSA) is 38.7 Å². The summed E-state index contributed by atoms with van der Waals surface area (Å²) in [6, 6.07) is 7.85. The van der Waals surface area contributed by atoms with Crippen LogP contribution < -0.4 is 4.74 Å². The number of methoxy groups -OCH3 is 1. The lowest BCUT2D eigenvalue weighted by Gasteiger charge is -2.41. The van der Waals surface area contributed by atoms with Gasteiger partial charge < -0.3 is 14.6 Å². The Morgan fingerprint density at radius 3 is 2.74 bits per heavy atom. The van der Waals surface area contributed by atoms with E-state index in [1.807, 2.05) is 24.3 Å². The van der Waals surface area contributed by atoms with E-state index in [1.165, 1.54) is 6.42 Å². The highest BCUT2D eigenvalue weighted by molar-refractivity contribution is 5.30. The summed E-state index contributed by atoms with van der Waals surface area (Å²) in [5.74, 6) is 0.874. The van der Waals surface area contributed by atoms with Crippen molar-refractivity contribution in [1.29, 1.82) is 0 Å². The molecule has 2 aliphatic carbocycles. The molecule has 0 aliphatic heterocycles. The summed E-state index contributed by atoms with van der Waals surface area (Å²) in [4.78, 5) is 0. The number of aliphatic hydroxyl groups excluding tert-OH is 1. The monoisotopic (exact) mass is 262 g/mol. The first-order chi connectivity index (χ1) is 9.21. The van der Waals surface area contributed by atoms with Gasteiger partial charge in [0, 0.05) is 13.5 Å².